The second-order valence-electron chi connectivity index (χ2n) is 16.4. The zero-order valence-electron chi connectivity index (χ0n) is 27.4. The van der Waals surface area contributed by atoms with Crippen LogP contribution in [0.25, 0.3) is 0 Å². The number of amides is 1. The van der Waals surface area contributed by atoms with Crippen molar-refractivity contribution in [2.45, 2.75) is 126 Å². The maximum atomic E-state index is 14.6. The largest absolute Gasteiger partial charge is 0.462 e. The van der Waals surface area contributed by atoms with Crippen molar-refractivity contribution >= 4 is 17.7 Å². The number of hydrogen-bond donors (Lipinski definition) is 0. The first-order valence-electron chi connectivity index (χ1n) is 16.2. The average Bonchev–Trinajstić information content (AvgIpc) is 2.88. The van der Waals surface area contributed by atoms with Crippen LogP contribution in [0.2, 0.25) is 0 Å². The van der Waals surface area contributed by atoms with Crippen molar-refractivity contribution in [3.63, 3.8) is 0 Å². The molecule has 0 bridgehead atoms. The molecule has 4 fully saturated rings. The summed E-state index contributed by atoms with van der Waals surface area (Å²) in [6, 6.07) is 0. The molecule has 0 spiro atoms. The minimum atomic E-state index is -0.501. The van der Waals surface area contributed by atoms with E-state index in [9.17, 15) is 14.4 Å². The monoisotopic (exact) mass is 569 g/mol. The molecule has 0 heterocycles. The van der Waals surface area contributed by atoms with Gasteiger partial charge in [-0.25, -0.2) is 5.06 Å². The quantitative estimate of drug-likeness (QED) is 0.262. The highest BCUT2D eigenvalue weighted by molar-refractivity contribution is 5.95. The number of hydroxylamine groups is 2. The lowest BCUT2D eigenvalue weighted by Gasteiger charge is -2.70. The number of ketones is 1. The lowest BCUT2D eigenvalue weighted by Crippen LogP contribution is -2.66. The molecule has 1 unspecified atom stereocenters. The predicted octanol–water partition coefficient (Wildman–Crippen LogP) is 7.31. The van der Waals surface area contributed by atoms with Crippen LogP contribution < -0.4 is 0 Å². The van der Waals surface area contributed by atoms with Crippen LogP contribution >= 0.6 is 0 Å². The number of carbonyl (C=O) groups is 3. The smallest absolute Gasteiger partial charge is 0.302 e. The predicted molar refractivity (Wildman–Crippen MR) is 159 cm³/mol. The number of ether oxygens (including phenoxy) is 1. The summed E-state index contributed by atoms with van der Waals surface area (Å²) in [6.45, 7) is 20.3. The van der Waals surface area contributed by atoms with Crippen LogP contribution in [0.3, 0.4) is 0 Å². The minimum Gasteiger partial charge on any atom is -0.462 e. The Hall–Kier alpha value is -1.69. The van der Waals surface area contributed by atoms with Crippen molar-refractivity contribution in [1.82, 2.24) is 5.06 Å². The summed E-state index contributed by atoms with van der Waals surface area (Å²) in [4.78, 5) is 45.7. The SMILES string of the molecule is CCN(OC)C(=O)[C@@]1(C)CC[C@]2(C)CC[C@]3(C)C(=CC(=O)[C@@H]4[C@@]5(C)CC[C@H](OC(C)=O)C(C)(C)C5CC[C@]43C)[C@@H]2C1. The van der Waals surface area contributed by atoms with Crippen molar-refractivity contribution in [3.8, 4) is 0 Å². The molecule has 4 saturated carbocycles. The summed E-state index contributed by atoms with van der Waals surface area (Å²) >= 11 is 0. The Morgan fingerprint density at radius 3 is 2.22 bits per heavy atom. The van der Waals surface area contributed by atoms with Crippen molar-refractivity contribution in [3.05, 3.63) is 11.6 Å². The second kappa shape index (κ2) is 9.66. The Kier molecular flexibility index (Phi) is 7.24. The van der Waals surface area contributed by atoms with E-state index in [2.05, 4.69) is 54.5 Å². The van der Waals surface area contributed by atoms with Gasteiger partial charge in [0.2, 0.25) is 0 Å². The lowest BCUT2D eigenvalue weighted by atomic mass is 9.33. The molecule has 0 radical (unpaired) electrons. The second-order valence-corrected chi connectivity index (χ2v) is 16.4. The van der Waals surface area contributed by atoms with E-state index in [1.165, 1.54) is 17.6 Å². The summed E-state index contributed by atoms with van der Waals surface area (Å²) in [7, 11) is 1.58. The first-order valence-corrected chi connectivity index (χ1v) is 16.2. The third-order valence-electron chi connectivity index (χ3n) is 14.1. The summed E-state index contributed by atoms with van der Waals surface area (Å²) in [5.41, 5.74) is 0.354. The van der Waals surface area contributed by atoms with Crippen LogP contribution in [-0.2, 0) is 24.0 Å². The van der Waals surface area contributed by atoms with E-state index >= 15 is 0 Å². The Balaban J connectivity index is 1.55. The topological polar surface area (TPSA) is 72.9 Å². The molecule has 0 aromatic carbocycles. The van der Waals surface area contributed by atoms with Gasteiger partial charge in [0.1, 0.15) is 6.10 Å². The van der Waals surface area contributed by atoms with Gasteiger partial charge in [-0.15, -0.1) is 0 Å². The number of fused-ring (bicyclic) bond motifs is 7. The van der Waals surface area contributed by atoms with Gasteiger partial charge in [0, 0.05) is 30.2 Å². The van der Waals surface area contributed by atoms with E-state index in [4.69, 9.17) is 9.57 Å². The highest BCUT2D eigenvalue weighted by atomic mass is 16.7. The first-order chi connectivity index (χ1) is 18.9. The van der Waals surface area contributed by atoms with Gasteiger partial charge < -0.3 is 4.74 Å². The van der Waals surface area contributed by atoms with Crippen LogP contribution in [0.1, 0.15) is 120 Å². The standard InChI is InChI=1S/C35H55NO5/c1-11-36(40-10)29(39)32(6)17-16-31(5)18-19-34(8)23(24(31)21-32)20-25(38)28-33(7)14-13-27(41-22(2)37)30(3,4)26(33)12-15-35(28,34)9/h20,24,26-28H,11-19,21H2,1-10H3/t24-,26?,27-,28+,31+,32-,33-,34+,35+/m0/s1. The van der Waals surface area contributed by atoms with Gasteiger partial charge in [0.05, 0.1) is 7.11 Å². The molecule has 0 aromatic rings. The Bertz CT molecular complexity index is 1160. The lowest BCUT2D eigenvalue weighted by molar-refractivity contribution is -0.211. The number of allylic oxidation sites excluding steroid dienone is 2. The molecule has 9 atom stereocenters. The van der Waals surface area contributed by atoms with Crippen molar-refractivity contribution in [2.24, 2.45) is 50.2 Å². The highest BCUT2D eigenvalue weighted by Gasteiger charge is 2.70. The van der Waals surface area contributed by atoms with Crippen molar-refractivity contribution < 1.29 is 24.0 Å². The molecule has 0 N–H and O–H groups in total. The Morgan fingerprint density at radius 1 is 0.951 bits per heavy atom. The van der Waals surface area contributed by atoms with Crippen molar-refractivity contribution in [2.75, 3.05) is 13.7 Å². The average molecular weight is 570 g/mol. The molecule has 6 heteroatoms. The molecule has 5 aliphatic rings. The maximum Gasteiger partial charge on any atom is 0.302 e. The molecule has 1 amide bonds. The van der Waals surface area contributed by atoms with Gasteiger partial charge in [0.15, 0.2) is 5.78 Å². The van der Waals surface area contributed by atoms with Gasteiger partial charge in [-0.05, 0) is 104 Å². The molecule has 5 rings (SSSR count). The third kappa shape index (κ3) is 4.15. The Morgan fingerprint density at radius 2 is 1.61 bits per heavy atom. The molecule has 0 aliphatic heterocycles. The van der Waals surface area contributed by atoms with E-state index in [0.29, 0.717) is 18.2 Å². The maximum absolute atomic E-state index is 14.6. The normalized spacial score (nSPS) is 46.7. The third-order valence-corrected chi connectivity index (χ3v) is 14.1. The zero-order chi connectivity index (χ0) is 30.4. The molecular weight excluding hydrogens is 514 g/mol. The molecule has 5 aliphatic carbocycles. The number of esters is 1. The van der Waals surface area contributed by atoms with E-state index < -0.39 is 5.41 Å². The molecule has 0 aromatic heterocycles. The number of hydrogen-bond acceptors (Lipinski definition) is 5. The number of carbonyl (C=O) groups excluding carboxylic acids is 3. The fourth-order valence-electron chi connectivity index (χ4n) is 11.4. The summed E-state index contributed by atoms with van der Waals surface area (Å²) in [5.74, 6) is 0.629. The van der Waals surface area contributed by atoms with E-state index in [1.807, 2.05) is 6.92 Å². The molecular formula is C35H55NO5. The zero-order valence-corrected chi connectivity index (χ0v) is 27.4. The summed E-state index contributed by atoms with van der Waals surface area (Å²) in [5, 5.41) is 1.51. The van der Waals surface area contributed by atoms with Gasteiger partial charge in [0.25, 0.3) is 5.91 Å². The van der Waals surface area contributed by atoms with Crippen molar-refractivity contribution in [1.29, 1.82) is 0 Å². The number of rotatable bonds is 4. The fourth-order valence-corrected chi connectivity index (χ4v) is 11.4. The van der Waals surface area contributed by atoms with Gasteiger partial charge in [-0.3, -0.25) is 19.2 Å². The van der Waals surface area contributed by atoms with Crippen LogP contribution in [0, 0.1) is 50.2 Å². The van der Waals surface area contributed by atoms with E-state index in [-0.39, 0.29) is 56.9 Å². The molecule has 6 nitrogen and oxygen atoms in total. The van der Waals surface area contributed by atoms with E-state index in [0.717, 1.165) is 57.8 Å². The van der Waals surface area contributed by atoms with E-state index in [1.54, 1.807) is 7.11 Å². The molecule has 0 saturated heterocycles. The van der Waals surface area contributed by atoms with Crippen LogP contribution in [-0.4, -0.2) is 42.5 Å². The van der Waals surface area contributed by atoms with Crippen LogP contribution in [0.4, 0.5) is 0 Å². The number of nitrogens with zero attached hydrogens (tertiary/aromatic N) is 1. The summed E-state index contributed by atoms with van der Waals surface area (Å²) < 4.78 is 5.86. The fraction of sp³-hybridized carbons (Fsp3) is 0.857. The van der Waals surface area contributed by atoms with Gasteiger partial charge in [-0.2, -0.15) is 0 Å². The summed E-state index contributed by atoms with van der Waals surface area (Å²) in [6.07, 6.45) is 10.6. The highest BCUT2D eigenvalue weighted by Crippen LogP contribution is 2.75. The van der Waals surface area contributed by atoms with Crippen LogP contribution in [0.5, 0.6) is 0 Å². The molecule has 230 valence electrons. The Labute approximate surface area is 248 Å². The van der Waals surface area contributed by atoms with Crippen LogP contribution in [0.15, 0.2) is 11.6 Å². The van der Waals surface area contributed by atoms with Gasteiger partial charge in [-0.1, -0.05) is 54.0 Å². The molecule has 41 heavy (non-hydrogen) atoms. The minimum absolute atomic E-state index is 0.0508. The van der Waals surface area contributed by atoms with Gasteiger partial charge >= 0.3 is 5.97 Å². The first kappa shape index (κ1) is 30.8.